The van der Waals surface area contributed by atoms with Crippen molar-refractivity contribution < 1.29 is 14.3 Å². The number of hydrogen-bond donors (Lipinski definition) is 2. The Morgan fingerprint density at radius 2 is 2.04 bits per heavy atom. The van der Waals surface area contributed by atoms with E-state index in [1.807, 2.05) is 19.1 Å². The molecule has 1 atom stereocenters. The lowest BCUT2D eigenvalue weighted by Gasteiger charge is -2.39. The fourth-order valence-electron chi connectivity index (χ4n) is 3.09. The predicted molar refractivity (Wildman–Crippen MR) is 107 cm³/mol. The Bertz CT molecular complexity index is 678. The molecule has 0 fully saturated rings. The first-order valence-electron chi connectivity index (χ1n) is 8.72. The summed E-state index contributed by atoms with van der Waals surface area (Å²) < 4.78 is 10.9. The first-order chi connectivity index (χ1) is 12.5. The van der Waals surface area contributed by atoms with Gasteiger partial charge in [0.1, 0.15) is 0 Å². The molecule has 1 heterocycles. The van der Waals surface area contributed by atoms with Crippen LogP contribution < -0.4 is 20.1 Å². The van der Waals surface area contributed by atoms with Crippen molar-refractivity contribution in [3.8, 4) is 11.5 Å². The molecule has 0 saturated heterocycles. The summed E-state index contributed by atoms with van der Waals surface area (Å²) in [7, 11) is 3.25. The third-order valence-corrected chi connectivity index (χ3v) is 4.85. The molecule has 0 bridgehead atoms. The van der Waals surface area contributed by atoms with Crippen LogP contribution in [0.4, 0.5) is 0 Å². The maximum Gasteiger partial charge on any atom is 0.219 e. The monoisotopic (exact) mass is 377 g/mol. The minimum absolute atomic E-state index is 0.0162. The van der Waals surface area contributed by atoms with E-state index in [1.165, 1.54) is 5.56 Å². The molecule has 0 unspecified atom stereocenters. The molecule has 0 spiro atoms. The van der Waals surface area contributed by atoms with Gasteiger partial charge in [-0.05, 0) is 41.9 Å². The molecule has 1 aliphatic rings. The van der Waals surface area contributed by atoms with Gasteiger partial charge in [0.05, 0.1) is 20.3 Å². The molecule has 1 aromatic carbocycles. The van der Waals surface area contributed by atoms with Gasteiger partial charge in [-0.25, -0.2) is 0 Å². The van der Waals surface area contributed by atoms with Crippen molar-refractivity contribution >= 4 is 23.2 Å². The van der Waals surface area contributed by atoms with Crippen LogP contribution in [0.1, 0.15) is 30.5 Å². The molecule has 142 valence electrons. The highest BCUT2D eigenvalue weighted by Crippen LogP contribution is 2.38. The van der Waals surface area contributed by atoms with Gasteiger partial charge in [0.2, 0.25) is 5.91 Å². The van der Waals surface area contributed by atoms with E-state index >= 15 is 0 Å². The smallest absolute Gasteiger partial charge is 0.219 e. The normalized spacial score (nSPS) is 15.7. The first kappa shape index (κ1) is 20.0. The molecule has 0 aliphatic carbocycles. The van der Waals surface area contributed by atoms with Gasteiger partial charge >= 0.3 is 0 Å². The maximum atomic E-state index is 11.8. The average Bonchev–Trinajstić information content (AvgIpc) is 2.68. The van der Waals surface area contributed by atoms with Gasteiger partial charge in [-0.3, -0.25) is 4.79 Å². The Kier molecular flexibility index (Phi) is 7.26. The van der Waals surface area contributed by atoms with E-state index in [2.05, 4.69) is 22.1 Å². The predicted octanol–water partition coefficient (Wildman–Crippen LogP) is 2.19. The molecule has 2 rings (SSSR count). The van der Waals surface area contributed by atoms with E-state index < -0.39 is 0 Å². The fraction of sp³-hybridized carbons (Fsp3) is 0.474. The Hall–Kier alpha value is -2.28. The summed E-state index contributed by atoms with van der Waals surface area (Å²) in [6.45, 7) is 7.40. The number of rotatable bonds is 7. The molecule has 1 aromatic rings. The third-order valence-electron chi connectivity index (χ3n) is 4.47. The maximum absolute atomic E-state index is 11.8. The molecule has 0 saturated carbocycles. The van der Waals surface area contributed by atoms with E-state index in [0.717, 1.165) is 18.5 Å². The summed E-state index contributed by atoms with van der Waals surface area (Å²) in [4.78, 5) is 13.9. The zero-order valence-electron chi connectivity index (χ0n) is 15.6. The van der Waals surface area contributed by atoms with Crippen LogP contribution in [0.15, 0.2) is 24.8 Å². The number of benzene rings is 1. The van der Waals surface area contributed by atoms with Crippen LogP contribution in [0, 0.1) is 0 Å². The number of ether oxygens (including phenoxy) is 2. The van der Waals surface area contributed by atoms with E-state index in [-0.39, 0.29) is 11.9 Å². The van der Waals surface area contributed by atoms with Crippen molar-refractivity contribution in [1.29, 1.82) is 0 Å². The van der Waals surface area contributed by atoms with Gasteiger partial charge in [-0.15, -0.1) is 6.58 Å². The molecular formula is C19H27N3O3S. The van der Waals surface area contributed by atoms with Crippen molar-refractivity contribution in [3.63, 3.8) is 0 Å². The topological polar surface area (TPSA) is 62.8 Å². The minimum atomic E-state index is -0.0705. The molecule has 6 nitrogen and oxygen atoms in total. The third kappa shape index (κ3) is 4.46. The summed E-state index contributed by atoms with van der Waals surface area (Å²) in [5, 5.41) is 6.83. The number of nitrogens with one attached hydrogen (secondary N) is 2. The highest BCUT2D eigenvalue weighted by Gasteiger charge is 2.30. The van der Waals surface area contributed by atoms with E-state index in [0.29, 0.717) is 36.1 Å². The molecule has 1 amide bonds. The van der Waals surface area contributed by atoms with Crippen molar-refractivity contribution in [3.05, 3.63) is 35.9 Å². The van der Waals surface area contributed by atoms with Crippen LogP contribution in [0.5, 0.6) is 11.5 Å². The number of amides is 1. The van der Waals surface area contributed by atoms with Crippen molar-refractivity contribution in [2.45, 2.75) is 25.8 Å². The van der Waals surface area contributed by atoms with Gasteiger partial charge in [-0.2, -0.15) is 0 Å². The highest BCUT2D eigenvalue weighted by atomic mass is 32.1. The fourth-order valence-corrected chi connectivity index (χ4v) is 3.39. The average molecular weight is 378 g/mol. The Morgan fingerprint density at radius 3 is 2.65 bits per heavy atom. The molecule has 2 N–H and O–H groups in total. The summed E-state index contributed by atoms with van der Waals surface area (Å²) >= 11 is 5.56. The van der Waals surface area contributed by atoms with Crippen LogP contribution in [0.2, 0.25) is 0 Å². The quantitative estimate of drug-likeness (QED) is 0.561. The highest BCUT2D eigenvalue weighted by molar-refractivity contribution is 7.80. The molecule has 1 aliphatic heterocycles. The summed E-state index contributed by atoms with van der Waals surface area (Å²) in [6.07, 6.45) is 3.06. The van der Waals surface area contributed by atoms with Crippen LogP contribution >= 0.6 is 12.2 Å². The van der Waals surface area contributed by atoms with Gasteiger partial charge < -0.3 is 25.0 Å². The van der Waals surface area contributed by atoms with Crippen molar-refractivity contribution in [2.75, 3.05) is 33.9 Å². The number of carbonyl (C=O) groups excluding carboxylic acids is 1. The zero-order chi connectivity index (χ0) is 19.1. The summed E-state index contributed by atoms with van der Waals surface area (Å²) in [5.41, 5.74) is 2.27. The largest absolute Gasteiger partial charge is 0.493 e. The first-order valence-corrected chi connectivity index (χ1v) is 9.13. The van der Waals surface area contributed by atoms with E-state index in [4.69, 9.17) is 21.7 Å². The van der Waals surface area contributed by atoms with Crippen molar-refractivity contribution in [2.24, 2.45) is 0 Å². The van der Waals surface area contributed by atoms with Gasteiger partial charge in [0.25, 0.3) is 0 Å². The minimum Gasteiger partial charge on any atom is -0.493 e. The number of nitrogens with zero attached hydrogens (tertiary/aromatic N) is 1. The van der Waals surface area contributed by atoms with Gasteiger partial charge in [0.15, 0.2) is 16.6 Å². The number of methoxy groups -OCH3 is 2. The standard InChI is InChI=1S/C19H27N3O3S/c1-5-8-20-19(26)22-9-7-13-10-16(24-3)17(25-4)11-14(13)15(22)12-21-18(23)6-2/h5,10-11,15H,1,6-9,12H2,2-4H3,(H,20,26)(H,21,23)/t15-/m1/s1. The molecule has 7 heteroatoms. The summed E-state index contributed by atoms with van der Waals surface area (Å²) in [6, 6.07) is 3.93. The van der Waals surface area contributed by atoms with E-state index in [1.54, 1.807) is 20.3 Å². The number of fused-ring (bicyclic) bond motifs is 1. The lowest BCUT2D eigenvalue weighted by molar-refractivity contribution is -0.121. The Labute approximate surface area is 160 Å². The van der Waals surface area contributed by atoms with Crippen LogP contribution in [-0.2, 0) is 11.2 Å². The van der Waals surface area contributed by atoms with Gasteiger partial charge in [-0.1, -0.05) is 13.0 Å². The van der Waals surface area contributed by atoms with Crippen LogP contribution in [0.25, 0.3) is 0 Å². The van der Waals surface area contributed by atoms with Crippen molar-refractivity contribution in [1.82, 2.24) is 15.5 Å². The number of thiocarbonyl (C=S) groups is 1. The molecule has 0 radical (unpaired) electrons. The second-order valence-electron chi connectivity index (χ2n) is 6.00. The molecule has 26 heavy (non-hydrogen) atoms. The number of carbonyl (C=O) groups is 1. The lowest BCUT2D eigenvalue weighted by atomic mass is 9.92. The zero-order valence-corrected chi connectivity index (χ0v) is 16.4. The second kappa shape index (κ2) is 9.43. The Balaban J connectivity index is 2.37. The summed E-state index contributed by atoms with van der Waals surface area (Å²) in [5.74, 6) is 1.40. The number of hydrogen-bond acceptors (Lipinski definition) is 4. The SMILES string of the molecule is C=CCNC(=S)N1CCc2cc(OC)c(OC)cc2[C@H]1CNC(=O)CC. The molecule has 0 aromatic heterocycles. The van der Waals surface area contributed by atoms with Gasteiger partial charge in [0, 0.05) is 26.1 Å². The van der Waals surface area contributed by atoms with E-state index in [9.17, 15) is 4.79 Å². The lowest BCUT2D eigenvalue weighted by Crippen LogP contribution is -2.49. The molecular weight excluding hydrogens is 350 g/mol. The van der Waals surface area contributed by atoms with Crippen LogP contribution in [-0.4, -0.2) is 49.8 Å². The van der Waals surface area contributed by atoms with Crippen LogP contribution in [0.3, 0.4) is 0 Å². The second-order valence-corrected chi connectivity index (χ2v) is 6.38. The Morgan fingerprint density at radius 1 is 1.35 bits per heavy atom.